The number of hydrogen-bond donors (Lipinski definition) is 1. The maximum Gasteiger partial charge on any atom is 0.280 e. The molecule has 2 heterocycles. The van der Waals surface area contributed by atoms with Crippen molar-refractivity contribution in [2.75, 3.05) is 31.6 Å². The summed E-state index contributed by atoms with van der Waals surface area (Å²) in [5.74, 6) is -0.465. The van der Waals surface area contributed by atoms with Crippen molar-refractivity contribution in [2.45, 2.75) is 19.3 Å². The van der Waals surface area contributed by atoms with Gasteiger partial charge in [-0.15, -0.1) is 0 Å². The van der Waals surface area contributed by atoms with Gasteiger partial charge in [0.15, 0.2) is 0 Å². The first kappa shape index (κ1) is 17.1. The molecule has 25 heavy (non-hydrogen) atoms. The van der Waals surface area contributed by atoms with Gasteiger partial charge in [0, 0.05) is 19.5 Å². The molecule has 1 aliphatic heterocycles. The molecule has 1 saturated heterocycles. The molecule has 0 spiro atoms. The van der Waals surface area contributed by atoms with Crippen molar-refractivity contribution in [1.29, 1.82) is 0 Å². The van der Waals surface area contributed by atoms with Crippen LogP contribution < -0.4 is 5.32 Å². The molecule has 0 radical (unpaired) electrons. The van der Waals surface area contributed by atoms with E-state index in [1.54, 1.807) is 4.90 Å². The van der Waals surface area contributed by atoms with Gasteiger partial charge in [0.1, 0.15) is 0 Å². The molecule has 8 heteroatoms. The summed E-state index contributed by atoms with van der Waals surface area (Å²) in [5, 5.41) is 9.89. The zero-order chi connectivity index (χ0) is 17.5. The first-order valence-corrected chi connectivity index (χ1v) is 8.27. The number of morpholine rings is 1. The number of aromatic nitrogens is 2. The standard InChI is InChI=1S/C17H20N4O4/c22-14(8-4-7-13-5-2-1-3-6-13)18-16-15(19-25-20-16)17(23)21-9-11-24-12-10-21/h1-3,5-6H,4,7-12H2,(H,18,20,22). The minimum Gasteiger partial charge on any atom is -0.378 e. The molecule has 3 rings (SSSR count). The predicted molar refractivity (Wildman–Crippen MR) is 89.0 cm³/mol. The largest absolute Gasteiger partial charge is 0.378 e. The van der Waals surface area contributed by atoms with Crippen LogP contribution in [-0.4, -0.2) is 53.3 Å². The van der Waals surface area contributed by atoms with Crippen LogP contribution in [0.1, 0.15) is 28.9 Å². The van der Waals surface area contributed by atoms with E-state index in [1.165, 1.54) is 5.56 Å². The number of benzene rings is 1. The average Bonchev–Trinajstić information content (AvgIpc) is 3.10. The Labute approximate surface area is 145 Å². The fourth-order valence-corrected chi connectivity index (χ4v) is 2.62. The molecule has 1 aromatic heterocycles. The van der Waals surface area contributed by atoms with Crippen LogP contribution in [0.5, 0.6) is 0 Å². The third kappa shape index (κ3) is 4.63. The second kappa shape index (κ2) is 8.39. The Balaban J connectivity index is 1.51. The van der Waals surface area contributed by atoms with Crippen molar-refractivity contribution in [3.05, 3.63) is 41.6 Å². The number of aryl methyl sites for hydroxylation is 1. The molecule has 1 fully saturated rings. The quantitative estimate of drug-likeness (QED) is 0.853. The van der Waals surface area contributed by atoms with Gasteiger partial charge in [-0.25, -0.2) is 4.63 Å². The highest BCUT2D eigenvalue weighted by Crippen LogP contribution is 2.14. The molecular weight excluding hydrogens is 324 g/mol. The molecule has 2 amide bonds. The van der Waals surface area contributed by atoms with Crippen LogP contribution in [0.15, 0.2) is 35.0 Å². The number of nitrogens with zero attached hydrogens (tertiary/aromatic N) is 3. The van der Waals surface area contributed by atoms with Gasteiger partial charge in [-0.3, -0.25) is 9.59 Å². The van der Waals surface area contributed by atoms with Crippen LogP contribution in [0, 0.1) is 0 Å². The first-order chi connectivity index (χ1) is 12.2. The number of amides is 2. The Morgan fingerprint density at radius 2 is 1.88 bits per heavy atom. The summed E-state index contributed by atoms with van der Waals surface area (Å²) in [6.07, 6.45) is 1.84. The molecule has 2 aromatic rings. The maximum atomic E-state index is 12.4. The Hall–Kier alpha value is -2.74. The van der Waals surface area contributed by atoms with Gasteiger partial charge in [0.25, 0.3) is 5.91 Å². The third-order valence-electron chi connectivity index (χ3n) is 3.96. The van der Waals surface area contributed by atoms with Crippen LogP contribution in [0.2, 0.25) is 0 Å². The molecule has 1 aliphatic rings. The smallest absolute Gasteiger partial charge is 0.280 e. The van der Waals surface area contributed by atoms with Crippen LogP contribution in [-0.2, 0) is 16.0 Å². The summed E-state index contributed by atoms with van der Waals surface area (Å²) in [4.78, 5) is 26.1. The summed E-state index contributed by atoms with van der Waals surface area (Å²) >= 11 is 0. The van der Waals surface area contributed by atoms with Gasteiger partial charge in [0.2, 0.25) is 17.4 Å². The van der Waals surface area contributed by atoms with Crippen LogP contribution >= 0.6 is 0 Å². The van der Waals surface area contributed by atoms with Gasteiger partial charge in [-0.1, -0.05) is 30.3 Å². The lowest BCUT2D eigenvalue weighted by Gasteiger charge is -2.25. The highest BCUT2D eigenvalue weighted by molar-refractivity contribution is 6.00. The Bertz CT molecular complexity index is 710. The van der Waals surface area contributed by atoms with E-state index in [2.05, 4.69) is 20.3 Å². The number of anilines is 1. The molecule has 0 saturated carbocycles. The zero-order valence-electron chi connectivity index (χ0n) is 13.8. The van der Waals surface area contributed by atoms with E-state index < -0.39 is 0 Å². The molecule has 0 unspecified atom stereocenters. The molecule has 0 aliphatic carbocycles. The van der Waals surface area contributed by atoms with Gasteiger partial charge in [0.05, 0.1) is 13.2 Å². The first-order valence-electron chi connectivity index (χ1n) is 8.27. The Morgan fingerprint density at radius 1 is 1.12 bits per heavy atom. The fourth-order valence-electron chi connectivity index (χ4n) is 2.62. The van der Waals surface area contributed by atoms with E-state index in [0.29, 0.717) is 39.1 Å². The Kier molecular flexibility index (Phi) is 5.73. The lowest BCUT2D eigenvalue weighted by molar-refractivity contribution is -0.116. The fraction of sp³-hybridized carbons (Fsp3) is 0.412. The summed E-state index contributed by atoms with van der Waals surface area (Å²) in [6, 6.07) is 9.96. The summed E-state index contributed by atoms with van der Waals surface area (Å²) in [5.41, 5.74) is 1.21. The van der Waals surface area contributed by atoms with E-state index in [4.69, 9.17) is 4.74 Å². The van der Waals surface area contributed by atoms with Crippen molar-refractivity contribution >= 4 is 17.6 Å². The minimum atomic E-state index is -0.316. The number of rotatable bonds is 6. The SMILES string of the molecule is O=C(CCCc1ccccc1)Nc1nonc1C(=O)N1CCOCC1. The second-order valence-electron chi connectivity index (χ2n) is 5.75. The van der Waals surface area contributed by atoms with Gasteiger partial charge in [-0.05, 0) is 28.7 Å². The van der Waals surface area contributed by atoms with Gasteiger partial charge in [-0.2, -0.15) is 0 Å². The van der Waals surface area contributed by atoms with Crippen LogP contribution in [0.4, 0.5) is 5.82 Å². The average molecular weight is 344 g/mol. The molecule has 1 N–H and O–H groups in total. The van der Waals surface area contributed by atoms with E-state index in [1.807, 2.05) is 30.3 Å². The minimum absolute atomic E-state index is 0.0262. The number of nitrogens with one attached hydrogen (secondary N) is 1. The summed E-state index contributed by atoms with van der Waals surface area (Å²) in [6.45, 7) is 1.93. The zero-order valence-corrected chi connectivity index (χ0v) is 13.8. The topological polar surface area (TPSA) is 97.6 Å². The Morgan fingerprint density at radius 3 is 2.64 bits per heavy atom. The molecular formula is C17H20N4O4. The predicted octanol–water partition coefficient (Wildman–Crippen LogP) is 1.50. The molecule has 0 atom stereocenters. The molecule has 0 bridgehead atoms. The monoisotopic (exact) mass is 344 g/mol. The second-order valence-corrected chi connectivity index (χ2v) is 5.75. The lowest BCUT2D eigenvalue weighted by atomic mass is 10.1. The highest BCUT2D eigenvalue weighted by Gasteiger charge is 2.26. The van der Waals surface area contributed by atoms with Crippen LogP contribution in [0.3, 0.4) is 0 Å². The molecule has 8 nitrogen and oxygen atoms in total. The lowest BCUT2D eigenvalue weighted by Crippen LogP contribution is -2.41. The number of ether oxygens (including phenoxy) is 1. The molecule has 1 aromatic carbocycles. The van der Waals surface area contributed by atoms with Gasteiger partial charge < -0.3 is 15.0 Å². The van der Waals surface area contributed by atoms with Crippen molar-refractivity contribution in [2.24, 2.45) is 0 Å². The van der Waals surface area contributed by atoms with Gasteiger partial charge >= 0.3 is 0 Å². The number of carbonyl (C=O) groups excluding carboxylic acids is 2. The van der Waals surface area contributed by atoms with Crippen molar-refractivity contribution in [1.82, 2.24) is 15.2 Å². The third-order valence-corrected chi connectivity index (χ3v) is 3.96. The summed E-state index contributed by atoms with van der Waals surface area (Å²) < 4.78 is 9.86. The summed E-state index contributed by atoms with van der Waals surface area (Å²) in [7, 11) is 0. The van der Waals surface area contributed by atoms with Crippen LogP contribution in [0.25, 0.3) is 0 Å². The van der Waals surface area contributed by atoms with E-state index >= 15 is 0 Å². The van der Waals surface area contributed by atoms with E-state index in [9.17, 15) is 9.59 Å². The van der Waals surface area contributed by atoms with Crippen molar-refractivity contribution in [3.63, 3.8) is 0 Å². The van der Waals surface area contributed by atoms with E-state index in [-0.39, 0.29) is 23.3 Å². The van der Waals surface area contributed by atoms with Crippen molar-refractivity contribution in [3.8, 4) is 0 Å². The number of hydrogen-bond acceptors (Lipinski definition) is 6. The molecule has 132 valence electrons. The van der Waals surface area contributed by atoms with E-state index in [0.717, 1.165) is 6.42 Å². The maximum absolute atomic E-state index is 12.4. The van der Waals surface area contributed by atoms with Crippen molar-refractivity contribution < 1.29 is 19.0 Å². The normalized spacial score (nSPS) is 14.3. The number of carbonyl (C=O) groups is 2. The highest BCUT2D eigenvalue weighted by atomic mass is 16.6.